The summed E-state index contributed by atoms with van der Waals surface area (Å²) in [5.41, 5.74) is -0.167. The molecule has 0 atom stereocenters. The Hall–Kier alpha value is 0.530. The van der Waals surface area contributed by atoms with E-state index in [0.717, 1.165) is 17.3 Å². The van der Waals surface area contributed by atoms with Gasteiger partial charge in [-0.3, -0.25) is 0 Å². The van der Waals surface area contributed by atoms with Crippen molar-refractivity contribution in [2.45, 2.75) is 25.4 Å². The van der Waals surface area contributed by atoms with Crippen LogP contribution in [0.15, 0.2) is 12.1 Å². The second-order valence-corrected chi connectivity index (χ2v) is 5.79. The smallest absolute Gasteiger partial charge is 0.0931 e. The summed E-state index contributed by atoms with van der Waals surface area (Å²) in [6, 6.07) is 3.92. The fourth-order valence-corrected chi connectivity index (χ4v) is 3.05. The largest absolute Gasteiger partial charge is 0.304 e. The molecule has 0 fully saturated rings. The first kappa shape index (κ1) is 13.6. The molecule has 1 N–H and O–H groups in total. The molecule has 86 valence electrons. The van der Waals surface area contributed by atoms with E-state index >= 15 is 0 Å². The van der Waals surface area contributed by atoms with Gasteiger partial charge in [0.1, 0.15) is 0 Å². The molecular formula is C10H14Cl3NS. The molecule has 5 heteroatoms. The fraction of sp³-hybridized carbons (Fsp3) is 0.600. The second kappa shape index (κ2) is 6.31. The Kier molecular flexibility index (Phi) is 5.72. The van der Waals surface area contributed by atoms with Gasteiger partial charge in [0.25, 0.3) is 0 Å². The minimum Gasteiger partial charge on any atom is -0.304 e. The van der Waals surface area contributed by atoms with E-state index in [1.165, 1.54) is 4.88 Å². The molecule has 0 spiro atoms. The van der Waals surface area contributed by atoms with Gasteiger partial charge in [-0.2, -0.15) is 0 Å². The molecule has 0 saturated carbocycles. The molecule has 1 aromatic rings. The number of thiophene rings is 1. The van der Waals surface area contributed by atoms with Gasteiger partial charge in [-0.15, -0.1) is 34.5 Å². The first-order valence-electron chi connectivity index (χ1n) is 4.77. The van der Waals surface area contributed by atoms with Crippen LogP contribution in [0.25, 0.3) is 0 Å². The average Bonchev–Trinajstić information content (AvgIpc) is 2.67. The molecule has 0 aliphatic rings. The van der Waals surface area contributed by atoms with Gasteiger partial charge in [0.05, 0.1) is 4.34 Å². The number of hydrogen-bond donors (Lipinski definition) is 1. The highest BCUT2D eigenvalue weighted by Crippen LogP contribution is 2.23. The van der Waals surface area contributed by atoms with E-state index in [0.29, 0.717) is 11.8 Å². The van der Waals surface area contributed by atoms with Crippen LogP contribution in [0.4, 0.5) is 0 Å². The molecule has 0 radical (unpaired) electrons. The van der Waals surface area contributed by atoms with Crippen LogP contribution >= 0.6 is 46.1 Å². The zero-order valence-electron chi connectivity index (χ0n) is 8.53. The van der Waals surface area contributed by atoms with Crippen molar-refractivity contribution in [3.8, 4) is 0 Å². The third-order valence-corrected chi connectivity index (χ3v) is 4.71. The van der Waals surface area contributed by atoms with Gasteiger partial charge in [0.2, 0.25) is 0 Å². The molecule has 1 nitrogen and oxygen atoms in total. The van der Waals surface area contributed by atoms with E-state index in [9.17, 15) is 0 Å². The van der Waals surface area contributed by atoms with Crippen LogP contribution in [0.3, 0.4) is 0 Å². The minimum absolute atomic E-state index is 0.167. The zero-order valence-corrected chi connectivity index (χ0v) is 11.6. The van der Waals surface area contributed by atoms with Gasteiger partial charge in [-0.25, -0.2) is 0 Å². The SMILES string of the molecule is CCC(CCl)(CCl)NCc1ccc(Cl)s1. The van der Waals surface area contributed by atoms with E-state index in [1.54, 1.807) is 11.3 Å². The molecule has 1 heterocycles. The lowest BCUT2D eigenvalue weighted by atomic mass is 10.0. The predicted molar refractivity (Wildman–Crippen MR) is 70.6 cm³/mol. The standard InChI is InChI=1S/C10H14Cl3NS/c1-2-10(6-11,7-12)14-5-8-3-4-9(13)15-8/h3-4,14H,2,5-7H2,1H3. The minimum atomic E-state index is -0.167. The van der Waals surface area contributed by atoms with Crippen molar-refractivity contribution in [2.75, 3.05) is 11.8 Å². The molecule has 0 bridgehead atoms. The normalized spacial score (nSPS) is 12.0. The first-order valence-corrected chi connectivity index (χ1v) is 7.03. The third-order valence-electron chi connectivity index (χ3n) is 2.45. The maximum absolute atomic E-state index is 5.93. The molecular weight excluding hydrogens is 273 g/mol. The quantitative estimate of drug-likeness (QED) is 0.776. The Morgan fingerprint density at radius 3 is 2.40 bits per heavy atom. The Morgan fingerprint density at radius 2 is 2.00 bits per heavy atom. The average molecular weight is 287 g/mol. The van der Waals surface area contributed by atoms with Crippen molar-refractivity contribution in [1.82, 2.24) is 5.32 Å². The van der Waals surface area contributed by atoms with Crippen molar-refractivity contribution in [3.05, 3.63) is 21.3 Å². The monoisotopic (exact) mass is 285 g/mol. The second-order valence-electron chi connectivity index (χ2n) is 3.46. The maximum Gasteiger partial charge on any atom is 0.0931 e. The fourth-order valence-electron chi connectivity index (χ4n) is 1.17. The highest BCUT2D eigenvalue weighted by molar-refractivity contribution is 7.16. The van der Waals surface area contributed by atoms with Crippen LogP contribution in [-0.4, -0.2) is 17.3 Å². The van der Waals surface area contributed by atoms with E-state index in [4.69, 9.17) is 34.8 Å². The molecule has 1 aromatic heterocycles. The lowest BCUT2D eigenvalue weighted by Crippen LogP contribution is -2.47. The first-order chi connectivity index (χ1) is 7.15. The topological polar surface area (TPSA) is 12.0 Å². The summed E-state index contributed by atoms with van der Waals surface area (Å²) in [5.74, 6) is 1.04. The molecule has 0 aliphatic heterocycles. The number of hydrogen-bond acceptors (Lipinski definition) is 2. The summed E-state index contributed by atoms with van der Waals surface area (Å²) in [6.07, 6.45) is 0.916. The lowest BCUT2D eigenvalue weighted by Gasteiger charge is -2.29. The summed E-state index contributed by atoms with van der Waals surface area (Å²) in [7, 11) is 0. The van der Waals surface area contributed by atoms with Gasteiger partial charge in [-0.1, -0.05) is 18.5 Å². The molecule has 15 heavy (non-hydrogen) atoms. The van der Waals surface area contributed by atoms with Crippen molar-refractivity contribution in [1.29, 1.82) is 0 Å². The number of halogens is 3. The molecule has 0 saturated heterocycles. The van der Waals surface area contributed by atoms with E-state index in [-0.39, 0.29) is 5.54 Å². The van der Waals surface area contributed by atoms with Gasteiger partial charge in [0.15, 0.2) is 0 Å². The van der Waals surface area contributed by atoms with Crippen molar-refractivity contribution >= 4 is 46.1 Å². The summed E-state index contributed by atoms with van der Waals surface area (Å²) in [5, 5.41) is 3.40. The van der Waals surface area contributed by atoms with Crippen LogP contribution in [0.5, 0.6) is 0 Å². The predicted octanol–water partition coefficient (Wildman–Crippen LogP) is 4.12. The number of rotatable bonds is 6. The third kappa shape index (κ3) is 3.79. The van der Waals surface area contributed by atoms with Crippen LogP contribution in [0.1, 0.15) is 18.2 Å². The molecule has 0 amide bonds. The van der Waals surface area contributed by atoms with Gasteiger partial charge >= 0.3 is 0 Å². The van der Waals surface area contributed by atoms with Crippen LogP contribution in [0, 0.1) is 0 Å². The van der Waals surface area contributed by atoms with E-state index in [1.807, 2.05) is 12.1 Å². The van der Waals surface area contributed by atoms with Gasteiger partial charge < -0.3 is 5.32 Å². The van der Waals surface area contributed by atoms with Crippen LogP contribution < -0.4 is 5.32 Å². The molecule has 0 unspecified atom stereocenters. The van der Waals surface area contributed by atoms with Gasteiger partial charge in [-0.05, 0) is 18.6 Å². The summed E-state index contributed by atoms with van der Waals surface area (Å²) in [6.45, 7) is 2.85. The van der Waals surface area contributed by atoms with Crippen molar-refractivity contribution in [3.63, 3.8) is 0 Å². The lowest BCUT2D eigenvalue weighted by molar-refractivity contribution is 0.386. The van der Waals surface area contributed by atoms with Crippen molar-refractivity contribution < 1.29 is 0 Å². The number of alkyl halides is 2. The molecule has 1 rings (SSSR count). The van der Waals surface area contributed by atoms with Crippen LogP contribution in [-0.2, 0) is 6.54 Å². The Morgan fingerprint density at radius 1 is 1.33 bits per heavy atom. The summed E-state index contributed by atoms with van der Waals surface area (Å²) < 4.78 is 0.811. The number of nitrogens with one attached hydrogen (secondary N) is 1. The van der Waals surface area contributed by atoms with E-state index < -0.39 is 0 Å². The summed E-state index contributed by atoms with van der Waals surface area (Å²) >= 11 is 19.3. The Bertz CT molecular complexity index is 288. The molecule has 0 aliphatic carbocycles. The summed E-state index contributed by atoms with van der Waals surface area (Å²) in [4.78, 5) is 1.20. The van der Waals surface area contributed by atoms with Gasteiger partial charge in [0, 0.05) is 28.7 Å². The Labute approximate surface area is 110 Å². The maximum atomic E-state index is 5.93. The Balaban J connectivity index is 2.54. The highest BCUT2D eigenvalue weighted by Gasteiger charge is 2.25. The van der Waals surface area contributed by atoms with Crippen LogP contribution in [0.2, 0.25) is 4.34 Å². The van der Waals surface area contributed by atoms with E-state index in [2.05, 4.69) is 12.2 Å². The zero-order chi connectivity index (χ0) is 11.3. The molecule has 0 aromatic carbocycles. The highest BCUT2D eigenvalue weighted by atomic mass is 35.5. The van der Waals surface area contributed by atoms with Crippen molar-refractivity contribution in [2.24, 2.45) is 0 Å².